The molecule has 3 aromatic rings. The predicted octanol–water partition coefficient (Wildman–Crippen LogP) is 4.30. The van der Waals surface area contributed by atoms with Crippen molar-refractivity contribution in [2.24, 2.45) is 0 Å². The maximum Gasteiger partial charge on any atom is 0.0677 e. The maximum atomic E-state index is 4.22. The molecule has 0 saturated heterocycles. The summed E-state index contributed by atoms with van der Waals surface area (Å²) in [6, 6.07) is 13.2. The molecule has 102 valence electrons. The lowest BCUT2D eigenvalue weighted by molar-refractivity contribution is 0.643. The van der Waals surface area contributed by atoms with Crippen LogP contribution in [0.4, 0.5) is 0 Å². The molecule has 0 bridgehead atoms. The van der Waals surface area contributed by atoms with Gasteiger partial charge in [0.2, 0.25) is 0 Å². The molecule has 2 nitrogen and oxygen atoms in total. The number of rotatable bonds is 4. The second-order valence-corrected chi connectivity index (χ2v) is 6.20. The Balaban J connectivity index is 2.14. The lowest BCUT2D eigenvalue weighted by Crippen LogP contribution is -2.21. The van der Waals surface area contributed by atoms with Gasteiger partial charge in [0, 0.05) is 27.5 Å². The van der Waals surface area contributed by atoms with Gasteiger partial charge in [-0.15, -0.1) is 11.3 Å². The molecular weight excluding hydrogens is 264 g/mol. The highest BCUT2D eigenvalue weighted by Crippen LogP contribution is 2.32. The molecule has 3 heteroatoms. The zero-order valence-electron chi connectivity index (χ0n) is 11.8. The Hall–Kier alpha value is -1.71. The number of thiophene rings is 1. The first-order chi connectivity index (χ1) is 9.79. The highest BCUT2D eigenvalue weighted by Gasteiger charge is 2.17. The number of benzene rings is 1. The van der Waals surface area contributed by atoms with Gasteiger partial charge in [0.15, 0.2) is 0 Å². The third-order valence-electron chi connectivity index (χ3n) is 3.48. The van der Waals surface area contributed by atoms with Gasteiger partial charge in [-0.05, 0) is 42.6 Å². The van der Waals surface area contributed by atoms with E-state index in [1.165, 1.54) is 26.1 Å². The minimum absolute atomic E-state index is 0.254. The Bertz CT molecular complexity index is 712. The van der Waals surface area contributed by atoms with Crippen LogP contribution in [0.25, 0.3) is 10.8 Å². The minimum Gasteiger partial charge on any atom is -0.306 e. The SMILES string of the molecule is CCNC(c1ccc(C)s1)c1cccc2cnccc12. The average Bonchev–Trinajstić information content (AvgIpc) is 2.91. The van der Waals surface area contributed by atoms with Crippen LogP contribution in [0.15, 0.2) is 48.8 Å². The van der Waals surface area contributed by atoms with E-state index in [2.05, 4.69) is 60.5 Å². The van der Waals surface area contributed by atoms with Gasteiger partial charge in [-0.2, -0.15) is 0 Å². The topological polar surface area (TPSA) is 24.9 Å². The van der Waals surface area contributed by atoms with E-state index in [0.717, 1.165) is 6.54 Å². The first-order valence-electron chi connectivity index (χ1n) is 6.92. The number of fused-ring (bicyclic) bond motifs is 1. The van der Waals surface area contributed by atoms with Crippen molar-refractivity contribution in [2.45, 2.75) is 19.9 Å². The molecule has 0 spiro atoms. The van der Waals surface area contributed by atoms with Crippen molar-refractivity contribution in [1.82, 2.24) is 10.3 Å². The first kappa shape index (κ1) is 13.3. The fourth-order valence-electron chi connectivity index (χ4n) is 2.58. The van der Waals surface area contributed by atoms with E-state index in [0.29, 0.717) is 0 Å². The second-order valence-electron chi connectivity index (χ2n) is 4.88. The summed E-state index contributed by atoms with van der Waals surface area (Å²) >= 11 is 1.86. The fraction of sp³-hybridized carbons (Fsp3) is 0.235. The highest BCUT2D eigenvalue weighted by atomic mass is 32.1. The van der Waals surface area contributed by atoms with E-state index >= 15 is 0 Å². The summed E-state index contributed by atoms with van der Waals surface area (Å²) in [6.45, 7) is 5.26. The monoisotopic (exact) mass is 282 g/mol. The minimum atomic E-state index is 0.254. The van der Waals surface area contributed by atoms with Crippen molar-refractivity contribution >= 4 is 22.1 Å². The van der Waals surface area contributed by atoms with Gasteiger partial charge in [-0.3, -0.25) is 4.98 Å². The number of hydrogen-bond acceptors (Lipinski definition) is 3. The smallest absolute Gasteiger partial charge is 0.0677 e. The molecule has 0 saturated carbocycles. The van der Waals surface area contributed by atoms with E-state index in [4.69, 9.17) is 0 Å². The van der Waals surface area contributed by atoms with Crippen LogP contribution in [0, 0.1) is 6.92 Å². The molecule has 0 aliphatic carbocycles. The number of hydrogen-bond donors (Lipinski definition) is 1. The highest BCUT2D eigenvalue weighted by molar-refractivity contribution is 7.12. The van der Waals surface area contributed by atoms with Gasteiger partial charge >= 0.3 is 0 Å². The van der Waals surface area contributed by atoms with Crippen LogP contribution in [-0.4, -0.2) is 11.5 Å². The Morgan fingerprint density at radius 3 is 2.85 bits per heavy atom. The van der Waals surface area contributed by atoms with Gasteiger partial charge in [0.1, 0.15) is 0 Å². The fourth-order valence-corrected chi connectivity index (χ4v) is 3.55. The molecular formula is C17H18N2S. The number of aryl methyl sites for hydroxylation is 1. The van der Waals surface area contributed by atoms with Crippen LogP contribution in [0.5, 0.6) is 0 Å². The first-order valence-corrected chi connectivity index (χ1v) is 7.73. The molecule has 1 aromatic carbocycles. The molecule has 0 fully saturated rings. The van der Waals surface area contributed by atoms with Crippen molar-refractivity contribution in [3.63, 3.8) is 0 Å². The van der Waals surface area contributed by atoms with Gasteiger partial charge in [0.05, 0.1) is 6.04 Å². The van der Waals surface area contributed by atoms with Crippen LogP contribution in [0.1, 0.15) is 28.3 Å². The summed E-state index contributed by atoms with van der Waals surface area (Å²) < 4.78 is 0. The number of nitrogens with zero attached hydrogens (tertiary/aromatic N) is 1. The van der Waals surface area contributed by atoms with Gasteiger partial charge in [-0.25, -0.2) is 0 Å². The van der Waals surface area contributed by atoms with Crippen molar-refractivity contribution in [1.29, 1.82) is 0 Å². The standard InChI is InChI=1S/C17H18N2S/c1-3-19-17(16-8-7-12(2)20-16)15-6-4-5-13-11-18-10-9-14(13)15/h4-11,17,19H,3H2,1-2H3. The van der Waals surface area contributed by atoms with Crippen molar-refractivity contribution in [2.75, 3.05) is 6.54 Å². The lowest BCUT2D eigenvalue weighted by atomic mass is 9.99. The van der Waals surface area contributed by atoms with Gasteiger partial charge in [0.25, 0.3) is 0 Å². The zero-order chi connectivity index (χ0) is 13.9. The molecule has 20 heavy (non-hydrogen) atoms. The molecule has 0 aliphatic rings. The van der Waals surface area contributed by atoms with E-state index in [1.54, 1.807) is 0 Å². The molecule has 0 aliphatic heterocycles. The lowest BCUT2D eigenvalue weighted by Gasteiger charge is -2.19. The van der Waals surface area contributed by atoms with Crippen LogP contribution >= 0.6 is 11.3 Å². The van der Waals surface area contributed by atoms with Crippen molar-refractivity contribution in [3.8, 4) is 0 Å². The van der Waals surface area contributed by atoms with Crippen molar-refractivity contribution in [3.05, 3.63) is 64.1 Å². The zero-order valence-corrected chi connectivity index (χ0v) is 12.6. The van der Waals surface area contributed by atoms with E-state index < -0.39 is 0 Å². The molecule has 0 radical (unpaired) electrons. The van der Waals surface area contributed by atoms with Gasteiger partial charge < -0.3 is 5.32 Å². The summed E-state index contributed by atoms with van der Waals surface area (Å²) in [7, 11) is 0. The average molecular weight is 282 g/mol. The summed E-state index contributed by atoms with van der Waals surface area (Å²) in [6.07, 6.45) is 3.80. The van der Waals surface area contributed by atoms with Crippen LogP contribution in [-0.2, 0) is 0 Å². The second kappa shape index (κ2) is 5.73. The van der Waals surface area contributed by atoms with Gasteiger partial charge in [-0.1, -0.05) is 25.1 Å². The number of aromatic nitrogens is 1. The number of pyridine rings is 1. The summed E-state index contributed by atoms with van der Waals surface area (Å²) in [4.78, 5) is 6.94. The molecule has 0 amide bonds. The third kappa shape index (κ3) is 2.47. The molecule has 1 atom stereocenters. The predicted molar refractivity (Wildman–Crippen MR) is 86.3 cm³/mol. The largest absolute Gasteiger partial charge is 0.306 e. The Labute approximate surface area is 123 Å². The van der Waals surface area contributed by atoms with Crippen LogP contribution in [0.2, 0.25) is 0 Å². The quantitative estimate of drug-likeness (QED) is 0.771. The summed E-state index contributed by atoms with van der Waals surface area (Å²) in [5.41, 5.74) is 1.33. The molecule has 3 rings (SSSR count). The van der Waals surface area contributed by atoms with Crippen LogP contribution in [0.3, 0.4) is 0 Å². The maximum absolute atomic E-state index is 4.22. The Morgan fingerprint density at radius 1 is 1.20 bits per heavy atom. The Kier molecular flexibility index (Phi) is 3.81. The molecule has 1 unspecified atom stereocenters. The van der Waals surface area contributed by atoms with E-state index in [9.17, 15) is 0 Å². The molecule has 2 aromatic heterocycles. The van der Waals surface area contributed by atoms with Crippen LogP contribution < -0.4 is 5.32 Å². The van der Waals surface area contributed by atoms with E-state index in [1.807, 2.05) is 23.7 Å². The van der Waals surface area contributed by atoms with Crippen molar-refractivity contribution < 1.29 is 0 Å². The molecule has 2 heterocycles. The number of nitrogens with one attached hydrogen (secondary N) is 1. The summed E-state index contributed by atoms with van der Waals surface area (Å²) in [5.74, 6) is 0. The van der Waals surface area contributed by atoms with E-state index in [-0.39, 0.29) is 6.04 Å². The summed E-state index contributed by atoms with van der Waals surface area (Å²) in [5, 5.41) is 6.08. The third-order valence-corrected chi connectivity index (χ3v) is 4.54. The Morgan fingerprint density at radius 2 is 2.10 bits per heavy atom. The molecule has 1 N–H and O–H groups in total. The normalized spacial score (nSPS) is 12.7.